The van der Waals surface area contributed by atoms with Gasteiger partial charge in [0.2, 0.25) is 0 Å². The Kier molecular flexibility index (Phi) is 7.12. The minimum absolute atomic E-state index is 0.240. The van der Waals surface area contributed by atoms with E-state index in [-0.39, 0.29) is 5.97 Å². The quantitative estimate of drug-likeness (QED) is 0.422. The standard InChI is InChI=1S/C17H25BrNO2/c1-5-19(6-2,7-3)13-15(17(20)21-4)12-14-8-10-16(18)11-9-14/h8-12H,5-7,13H2,1-4H3/q+1/b15-12-. The summed E-state index contributed by atoms with van der Waals surface area (Å²) in [5.74, 6) is -0.240. The van der Waals surface area contributed by atoms with Gasteiger partial charge in [-0.15, -0.1) is 0 Å². The summed E-state index contributed by atoms with van der Waals surface area (Å²) in [4.78, 5) is 12.1. The molecule has 0 saturated heterocycles. The van der Waals surface area contributed by atoms with Crippen molar-refractivity contribution in [2.75, 3.05) is 33.3 Å². The molecule has 21 heavy (non-hydrogen) atoms. The molecule has 0 bridgehead atoms. The predicted molar refractivity (Wildman–Crippen MR) is 90.9 cm³/mol. The maximum Gasteiger partial charge on any atom is 0.339 e. The average Bonchev–Trinajstić information content (AvgIpc) is 2.53. The largest absolute Gasteiger partial charge is 0.465 e. The number of hydrogen-bond donors (Lipinski definition) is 0. The number of carbonyl (C=O) groups is 1. The van der Waals surface area contributed by atoms with Gasteiger partial charge in [0.1, 0.15) is 6.54 Å². The molecule has 0 heterocycles. The molecule has 0 aromatic heterocycles. The molecule has 0 saturated carbocycles. The highest BCUT2D eigenvalue weighted by molar-refractivity contribution is 9.10. The van der Waals surface area contributed by atoms with Crippen molar-refractivity contribution >= 4 is 28.0 Å². The van der Waals surface area contributed by atoms with Gasteiger partial charge in [0.05, 0.1) is 32.3 Å². The summed E-state index contributed by atoms with van der Waals surface area (Å²) in [6.45, 7) is 10.2. The monoisotopic (exact) mass is 354 g/mol. The second-order valence-electron chi connectivity index (χ2n) is 5.16. The summed E-state index contributed by atoms with van der Waals surface area (Å²) in [5, 5.41) is 0. The van der Waals surface area contributed by atoms with Gasteiger partial charge < -0.3 is 9.22 Å². The van der Waals surface area contributed by atoms with E-state index in [4.69, 9.17) is 4.74 Å². The number of hydrogen-bond acceptors (Lipinski definition) is 2. The Balaban J connectivity index is 3.11. The fourth-order valence-electron chi connectivity index (χ4n) is 2.43. The molecule has 1 rings (SSSR count). The van der Waals surface area contributed by atoms with Crippen molar-refractivity contribution in [1.82, 2.24) is 0 Å². The van der Waals surface area contributed by atoms with E-state index in [1.165, 1.54) is 7.11 Å². The number of esters is 1. The number of methoxy groups -OCH3 is 1. The van der Waals surface area contributed by atoms with Crippen LogP contribution in [0.4, 0.5) is 0 Å². The van der Waals surface area contributed by atoms with Crippen LogP contribution in [-0.4, -0.2) is 43.7 Å². The molecule has 0 N–H and O–H groups in total. The minimum atomic E-state index is -0.240. The summed E-state index contributed by atoms with van der Waals surface area (Å²) < 4.78 is 6.88. The SMILES string of the molecule is CC[N+](CC)(CC)C/C(=C/c1ccc(Br)cc1)C(=O)OC. The van der Waals surface area contributed by atoms with Crippen LogP contribution in [0.3, 0.4) is 0 Å². The Hall–Kier alpha value is -1.13. The zero-order valence-corrected chi connectivity index (χ0v) is 14.9. The number of carbonyl (C=O) groups excluding carboxylic acids is 1. The molecule has 4 heteroatoms. The third-order valence-electron chi connectivity index (χ3n) is 4.18. The Labute approximate surface area is 136 Å². The highest BCUT2D eigenvalue weighted by Gasteiger charge is 2.26. The molecule has 0 fully saturated rings. The van der Waals surface area contributed by atoms with E-state index >= 15 is 0 Å². The van der Waals surface area contributed by atoms with Gasteiger partial charge in [-0.25, -0.2) is 4.79 Å². The molecule has 0 radical (unpaired) electrons. The van der Waals surface area contributed by atoms with Gasteiger partial charge in [-0.05, 0) is 44.5 Å². The number of quaternary nitrogens is 1. The molecule has 1 aromatic rings. The Morgan fingerprint density at radius 1 is 1.14 bits per heavy atom. The molecule has 1 aromatic carbocycles. The highest BCUT2D eigenvalue weighted by Crippen LogP contribution is 2.17. The topological polar surface area (TPSA) is 26.3 Å². The van der Waals surface area contributed by atoms with Gasteiger partial charge in [0.15, 0.2) is 0 Å². The maximum atomic E-state index is 12.1. The molecule has 0 atom stereocenters. The van der Waals surface area contributed by atoms with Gasteiger partial charge in [-0.3, -0.25) is 0 Å². The predicted octanol–water partition coefficient (Wildman–Crippen LogP) is 3.88. The third-order valence-corrected chi connectivity index (χ3v) is 4.71. The first-order valence-electron chi connectivity index (χ1n) is 7.39. The summed E-state index contributed by atoms with van der Waals surface area (Å²) in [6, 6.07) is 7.93. The lowest BCUT2D eigenvalue weighted by Gasteiger charge is -2.36. The number of likely N-dealkylation sites (N-methyl/N-ethyl adjacent to an activating group) is 1. The molecule has 0 aliphatic rings. The van der Waals surface area contributed by atoms with Crippen LogP contribution in [0.2, 0.25) is 0 Å². The highest BCUT2D eigenvalue weighted by atomic mass is 79.9. The first kappa shape index (κ1) is 17.9. The zero-order chi connectivity index (χ0) is 15.9. The van der Waals surface area contributed by atoms with E-state index in [9.17, 15) is 4.79 Å². The lowest BCUT2D eigenvalue weighted by Crippen LogP contribution is -2.49. The number of nitrogens with zero attached hydrogens (tertiary/aromatic N) is 1. The van der Waals surface area contributed by atoms with E-state index in [0.29, 0.717) is 6.54 Å². The van der Waals surface area contributed by atoms with Crippen molar-refractivity contribution in [3.05, 3.63) is 39.9 Å². The minimum Gasteiger partial charge on any atom is -0.465 e. The Bertz CT molecular complexity index is 482. The number of benzene rings is 1. The second kappa shape index (κ2) is 8.35. The molecule has 0 spiro atoms. The maximum absolute atomic E-state index is 12.1. The second-order valence-corrected chi connectivity index (χ2v) is 6.08. The fourth-order valence-corrected chi connectivity index (χ4v) is 2.69. The van der Waals surface area contributed by atoms with Gasteiger partial charge >= 0.3 is 5.97 Å². The summed E-state index contributed by atoms with van der Waals surface area (Å²) >= 11 is 3.42. The van der Waals surface area contributed by atoms with Gasteiger partial charge in [-0.1, -0.05) is 28.1 Å². The van der Waals surface area contributed by atoms with Crippen LogP contribution in [0, 0.1) is 0 Å². The zero-order valence-electron chi connectivity index (χ0n) is 13.4. The number of halogens is 1. The van der Waals surface area contributed by atoms with Crippen molar-refractivity contribution in [2.45, 2.75) is 20.8 Å². The van der Waals surface area contributed by atoms with Crippen LogP contribution >= 0.6 is 15.9 Å². The molecule has 0 aliphatic heterocycles. The molecule has 0 aliphatic carbocycles. The molecule has 0 amide bonds. The summed E-state index contributed by atoms with van der Waals surface area (Å²) in [6.07, 6.45) is 1.94. The van der Waals surface area contributed by atoms with E-state index in [1.807, 2.05) is 30.3 Å². The smallest absolute Gasteiger partial charge is 0.339 e. The average molecular weight is 355 g/mol. The first-order chi connectivity index (χ1) is 10.00. The van der Waals surface area contributed by atoms with Crippen LogP contribution in [0.25, 0.3) is 6.08 Å². The van der Waals surface area contributed by atoms with Crippen LogP contribution in [0.5, 0.6) is 0 Å². The summed E-state index contributed by atoms with van der Waals surface area (Å²) in [5.41, 5.74) is 1.74. The van der Waals surface area contributed by atoms with Gasteiger partial charge in [0, 0.05) is 4.47 Å². The van der Waals surface area contributed by atoms with Crippen LogP contribution in [0.15, 0.2) is 34.3 Å². The van der Waals surface area contributed by atoms with Crippen molar-refractivity contribution in [3.8, 4) is 0 Å². The third kappa shape index (κ3) is 4.97. The van der Waals surface area contributed by atoms with E-state index in [2.05, 4.69) is 36.7 Å². The van der Waals surface area contributed by atoms with Crippen LogP contribution in [-0.2, 0) is 9.53 Å². The van der Waals surface area contributed by atoms with Crippen molar-refractivity contribution < 1.29 is 14.0 Å². The molecule has 3 nitrogen and oxygen atoms in total. The Morgan fingerprint density at radius 3 is 2.10 bits per heavy atom. The molecule has 0 unspecified atom stereocenters. The van der Waals surface area contributed by atoms with Gasteiger partial charge in [-0.2, -0.15) is 0 Å². The van der Waals surface area contributed by atoms with Gasteiger partial charge in [0.25, 0.3) is 0 Å². The Morgan fingerprint density at radius 2 is 1.67 bits per heavy atom. The number of ether oxygens (including phenoxy) is 1. The lowest BCUT2D eigenvalue weighted by atomic mass is 10.1. The fraction of sp³-hybridized carbons (Fsp3) is 0.471. The van der Waals surface area contributed by atoms with E-state index in [1.54, 1.807) is 0 Å². The lowest BCUT2D eigenvalue weighted by molar-refractivity contribution is -0.918. The van der Waals surface area contributed by atoms with Crippen LogP contribution in [0.1, 0.15) is 26.3 Å². The van der Waals surface area contributed by atoms with Crippen LogP contribution < -0.4 is 0 Å². The summed E-state index contributed by atoms with van der Waals surface area (Å²) in [7, 11) is 1.44. The molecule has 116 valence electrons. The molecular weight excluding hydrogens is 330 g/mol. The molecular formula is C17H25BrNO2+. The number of rotatable bonds is 7. The van der Waals surface area contributed by atoms with E-state index in [0.717, 1.165) is 39.7 Å². The van der Waals surface area contributed by atoms with E-state index < -0.39 is 0 Å². The first-order valence-corrected chi connectivity index (χ1v) is 8.19. The normalized spacial score (nSPS) is 12.3. The van der Waals surface area contributed by atoms with Crippen molar-refractivity contribution in [3.63, 3.8) is 0 Å². The van der Waals surface area contributed by atoms with Crippen molar-refractivity contribution in [1.29, 1.82) is 0 Å². The van der Waals surface area contributed by atoms with Crippen molar-refractivity contribution in [2.24, 2.45) is 0 Å².